The highest BCUT2D eigenvalue weighted by Gasteiger charge is 2.16. The summed E-state index contributed by atoms with van der Waals surface area (Å²) in [6.07, 6.45) is 1.08. The lowest BCUT2D eigenvalue weighted by molar-refractivity contribution is -0.154. The van der Waals surface area contributed by atoms with Gasteiger partial charge in [0.15, 0.2) is 0 Å². The summed E-state index contributed by atoms with van der Waals surface area (Å²) >= 11 is 5.69. The fourth-order valence-electron chi connectivity index (χ4n) is 0.709. The molecular formula is C9H17ClO2. The van der Waals surface area contributed by atoms with Gasteiger partial charge in [0, 0.05) is 11.8 Å². The Labute approximate surface area is 79.2 Å². The molecule has 0 saturated carbocycles. The normalized spacial score (nSPS) is 14.1. The summed E-state index contributed by atoms with van der Waals surface area (Å²) in [7, 11) is 0. The first kappa shape index (κ1) is 11.8. The topological polar surface area (TPSA) is 26.3 Å². The first-order valence-corrected chi connectivity index (χ1v) is 4.61. The largest absolute Gasteiger partial charge is 0.460 e. The number of esters is 1. The van der Waals surface area contributed by atoms with Crippen LogP contribution in [0.1, 0.15) is 40.5 Å². The third-order valence-corrected chi connectivity index (χ3v) is 1.38. The fraction of sp³-hybridized carbons (Fsp3) is 0.889. The molecule has 1 atom stereocenters. The third-order valence-electron chi connectivity index (χ3n) is 1.17. The minimum absolute atomic E-state index is 0.0394. The average molecular weight is 193 g/mol. The third kappa shape index (κ3) is 7.86. The van der Waals surface area contributed by atoms with Crippen LogP contribution in [0.5, 0.6) is 0 Å². The van der Waals surface area contributed by atoms with Gasteiger partial charge in [-0.2, -0.15) is 0 Å². The summed E-state index contributed by atoms with van der Waals surface area (Å²) < 4.78 is 5.09. The van der Waals surface area contributed by atoms with E-state index < -0.39 is 0 Å². The molecule has 0 spiro atoms. The molecule has 0 aliphatic rings. The highest BCUT2D eigenvalue weighted by Crippen LogP contribution is 2.11. The van der Waals surface area contributed by atoms with E-state index in [1.54, 1.807) is 0 Å². The average Bonchev–Trinajstić information content (AvgIpc) is 1.79. The Morgan fingerprint density at radius 1 is 1.50 bits per heavy atom. The van der Waals surface area contributed by atoms with Crippen molar-refractivity contribution in [3.8, 4) is 0 Å². The lowest BCUT2D eigenvalue weighted by Gasteiger charge is -2.19. The number of hydrogen-bond donors (Lipinski definition) is 0. The number of ether oxygens (including phenoxy) is 1. The molecule has 0 heterocycles. The first-order valence-electron chi connectivity index (χ1n) is 4.17. The summed E-state index contributed by atoms with van der Waals surface area (Å²) in [5.74, 6) is -0.171. The van der Waals surface area contributed by atoms with E-state index >= 15 is 0 Å². The highest BCUT2D eigenvalue weighted by atomic mass is 35.5. The van der Waals surface area contributed by atoms with Crippen molar-refractivity contribution in [3.05, 3.63) is 0 Å². The van der Waals surface area contributed by atoms with Crippen molar-refractivity contribution in [1.82, 2.24) is 0 Å². The molecule has 72 valence electrons. The zero-order valence-corrected chi connectivity index (χ0v) is 8.94. The van der Waals surface area contributed by atoms with Crippen molar-refractivity contribution >= 4 is 17.6 Å². The van der Waals surface area contributed by atoms with Gasteiger partial charge >= 0.3 is 5.97 Å². The Kier molecular flexibility index (Phi) is 4.61. The molecule has 3 heteroatoms. The molecule has 0 amide bonds. The lowest BCUT2D eigenvalue weighted by atomic mass is 10.2. The van der Waals surface area contributed by atoms with Crippen LogP contribution in [0.4, 0.5) is 0 Å². The van der Waals surface area contributed by atoms with Gasteiger partial charge in [0.25, 0.3) is 0 Å². The van der Waals surface area contributed by atoms with Gasteiger partial charge in [-0.15, -0.1) is 11.6 Å². The fourth-order valence-corrected chi connectivity index (χ4v) is 0.818. The van der Waals surface area contributed by atoms with Crippen LogP contribution in [0.15, 0.2) is 0 Å². The zero-order chi connectivity index (χ0) is 9.78. The quantitative estimate of drug-likeness (QED) is 0.508. The molecular weight excluding hydrogens is 176 g/mol. The van der Waals surface area contributed by atoms with Crippen LogP contribution >= 0.6 is 11.6 Å². The predicted molar refractivity (Wildman–Crippen MR) is 50.4 cm³/mol. The number of rotatable bonds is 3. The summed E-state index contributed by atoms with van der Waals surface area (Å²) in [6, 6.07) is 0. The van der Waals surface area contributed by atoms with Gasteiger partial charge in [0.05, 0.1) is 0 Å². The smallest absolute Gasteiger partial charge is 0.306 e. The molecule has 0 aliphatic carbocycles. The Morgan fingerprint density at radius 3 is 2.33 bits per heavy atom. The van der Waals surface area contributed by atoms with E-state index in [1.807, 2.05) is 27.7 Å². The van der Waals surface area contributed by atoms with Gasteiger partial charge in [0.1, 0.15) is 5.60 Å². The number of halogens is 1. The van der Waals surface area contributed by atoms with Gasteiger partial charge in [-0.05, 0) is 34.1 Å². The predicted octanol–water partition coefficient (Wildman–Crippen LogP) is 2.74. The molecule has 0 rings (SSSR count). The Morgan fingerprint density at radius 2 is 2.00 bits per heavy atom. The number of hydrogen-bond acceptors (Lipinski definition) is 2. The summed E-state index contributed by atoms with van der Waals surface area (Å²) in [6.45, 7) is 7.44. The minimum atomic E-state index is -0.382. The molecule has 0 aromatic heterocycles. The SMILES string of the molecule is CC(Cl)CCC(=O)OC(C)(C)C. The van der Waals surface area contributed by atoms with E-state index in [4.69, 9.17) is 16.3 Å². The van der Waals surface area contributed by atoms with Crippen molar-refractivity contribution in [2.45, 2.75) is 51.5 Å². The number of alkyl halides is 1. The van der Waals surface area contributed by atoms with E-state index in [-0.39, 0.29) is 16.9 Å². The maximum atomic E-state index is 11.1. The van der Waals surface area contributed by atoms with Gasteiger partial charge in [-0.3, -0.25) is 4.79 Å². The van der Waals surface area contributed by atoms with E-state index in [0.29, 0.717) is 12.8 Å². The second-order valence-electron chi connectivity index (χ2n) is 3.91. The van der Waals surface area contributed by atoms with Crippen molar-refractivity contribution in [3.63, 3.8) is 0 Å². The minimum Gasteiger partial charge on any atom is -0.460 e. The summed E-state index contributed by atoms with van der Waals surface area (Å²) in [5.41, 5.74) is -0.382. The number of carbonyl (C=O) groups is 1. The van der Waals surface area contributed by atoms with Crippen LogP contribution in [0, 0.1) is 0 Å². The van der Waals surface area contributed by atoms with E-state index in [1.165, 1.54) is 0 Å². The highest BCUT2D eigenvalue weighted by molar-refractivity contribution is 6.20. The molecule has 0 aromatic carbocycles. The summed E-state index contributed by atoms with van der Waals surface area (Å²) in [4.78, 5) is 11.1. The van der Waals surface area contributed by atoms with Crippen molar-refractivity contribution in [2.24, 2.45) is 0 Å². The van der Waals surface area contributed by atoms with Crippen LogP contribution < -0.4 is 0 Å². The van der Waals surface area contributed by atoms with E-state index in [9.17, 15) is 4.79 Å². The van der Waals surface area contributed by atoms with Crippen LogP contribution in [0.25, 0.3) is 0 Å². The van der Waals surface area contributed by atoms with E-state index in [2.05, 4.69) is 0 Å². The molecule has 12 heavy (non-hydrogen) atoms. The Hall–Kier alpha value is -0.240. The summed E-state index contributed by atoms with van der Waals surface area (Å²) in [5, 5.41) is 0.0394. The van der Waals surface area contributed by atoms with Gasteiger partial charge in [0.2, 0.25) is 0 Å². The Balaban J connectivity index is 3.61. The van der Waals surface area contributed by atoms with Crippen molar-refractivity contribution in [2.75, 3.05) is 0 Å². The van der Waals surface area contributed by atoms with Crippen LogP contribution in [0.3, 0.4) is 0 Å². The molecule has 0 saturated heterocycles. The zero-order valence-electron chi connectivity index (χ0n) is 8.19. The first-order chi connectivity index (χ1) is 5.31. The monoisotopic (exact) mass is 192 g/mol. The molecule has 2 nitrogen and oxygen atoms in total. The molecule has 0 bridgehead atoms. The van der Waals surface area contributed by atoms with Gasteiger partial charge < -0.3 is 4.74 Å². The maximum absolute atomic E-state index is 11.1. The van der Waals surface area contributed by atoms with Gasteiger partial charge in [-0.1, -0.05) is 0 Å². The van der Waals surface area contributed by atoms with E-state index in [0.717, 1.165) is 0 Å². The van der Waals surface area contributed by atoms with Gasteiger partial charge in [-0.25, -0.2) is 0 Å². The second-order valence-corrected chi connectivity index (χ2v) is 4.65. The molecule has 0 aliphatic heterocycles. The molecule has 0 N–H and O–H groups in total. The van der Waals surface area contributed by atoms with Crippen LogP contribution in [-0.2, 0) is 9.53 Å². The molecule has 0 radical (unpaired) electrons. The van der Waals surface area contributed by atoms with Crippen LogP contribution in [-0.4, -0.2) is 16.9 Å². The molecule has 0 aromatic rings. The van der Waals surface area contributed by atoms with Crippen LogP contribution in [0.2, 0.25) is 0 Å². The number of carbonyl (C=O) groups excluding carboxylic acids is 1. The van der Waals surface area contributed by atoms with Crippen molar-refractivity contribution in [1.29, 1.82) is 0 Å². The van der Waals surface area contributed by atoms with Crippen molar-refractivity contribution < 1.29 is 9.53 Å². The second kappa shape index (κ2) is 4.70. The Bertz CT molecular complexity index is 147. The molecule has 0 fully saturated rings. The standard InChI is InChI=1S/C9H17ClO2/c1-7(10)5-6-8(11)12-9(2,3)4/h7H,5-6H2,1-4H3. The maximum Gasteiger partial charge on any atom is 0.306 e. The molecule has 1 unspecified atom stereocenters. The lowest BCUT2D eigenvalue weighted by Crippen LogP contribution is -2.24.